The molecule has 2 atom stereocenters. The highest BCUT2D eigenvalue weighted by Crippen LogP contribution is 2.18. The molecule has 4 heteroatoms. The fourth-order valence-corrected chi connectivity index (χ4v) is 10.6. The van der Waals surface area contributed by atoms with Crippen molar-refractivity contribution in [3.8, 4) is 0 Å². The lowest BCUT2D eigenvalue weighted by molar-refractivity contribution is -0.123. The Labute approximate surface area is 464 Å². The quantitative estimate of drug-likeness (QED) is 0.0420. The van der Waals surface area contributed by atoms with E-state index in [2.05, 4.69) is 55.6 Å². The predicted octanol–water partition coefficient (Wildman–Crippen LogP) is 22.9. The van der Waals surface area contributed by atoms with Crippen molar-refractivity contribution < 1.29 is 15.0 Å². The third-order valence-corrected chi connectivity index (χ3v) is 15.8. The van der Waals surface area contributed by atoms with Crippen LogP contribution in [-0.2, 0) is 4.79 Å². The molecule has 0 aliphatic heterocycles. The Hall–Kier alpha value is -1.65. The molecule has 0 aliphatic carbocycles. The van der Waals surface area contributed by atoms with Gasteiger partial charge in [-0.1, -0.05) is 345 Å². The van der Waals surface area contributed by atoms with Gasteiger partial charge in [-0.3, -0.25) is 4.79 Å². The van der Waals surface area contributed by atoms with Gasteiger partial charge < -0.3 is 15.5 Å². The van der Waals surface area contributed by atoms with Gasteiger partial charge in [-0.25, -0.2) is 0 Å². The normalized spacial score (nSPS) is 13.0. The zero-order valence-corrected chi connectivity index (χ0v) is 50.4. The van der Waals surface area contributed by atoms with Crippen molar-refractivity contribution in [3.05, 3.63) is 48.6 Å². The number of hydrogen-bond donors (Lipinski definition) is 3. The number of carbonyl (C=O) groups excluding carboxylic acids is 1. The van der Waals surface area contributed by atoms with Crippen LogP contribution in [0.25, 0.3) is 0 Å². The van der Waals surface area contributed by atoms with Crippen molar-refractivity contribution in [2.45, 2.75) is 386 Å². The van der Waals surface area contributed by atoms with Crippen LogP contribution < -0.4 is 5.32 Å². The summed E-state index contributed by atoms with van der Waals surface area (Å²) in [6.45, 7) is 4.34. The number of aliphatic hydroxyl groups excluding tert-OH is 2. The van der Waals surface area contributed by atoms with Crippen molar-refractivity contribution in [2.24, 2.45) is 0 Å². The molecule has 0 rings (SSSR count). The van der Waals surface area contributed by atoms with Crippen LogP contribution in [0.4, 0.5) is 0 Å². The largest absolute Gasteiger partial charge is 0.394 e. The third kappa shape index (κ3) is 61.2. The van der Waals surface area contributed by atoms with E-state index in [0.29, 0.717) is 6.42 Å². The van der Waals surface area contributed by atoms with Gasteiger partial charge in [0.1, 0.15) is 0 Å². The minimum atomic E-state index is -0.872. The van der Waals surface area contributed by atoms with Gasteiger partial charge in [0.25, 0.3) is 0 Å². The van der Waals surface area contributed by atoms with Crippen LogP contribution in [0.15, 0.2) is 48.6 Å². The van der Waals surface area contributed by atoms with E-state index in [-0.39, 0.29) is 12.5 Å². The van der Waals surface area contributed by atoms with E-state index in [1.807, 2.05) is 6.08 Å². The van der Waals surface area contributed by atoms with E-state index in [1.54, 1.807) is 6.08 Å². The van der Waals surface area contributed by atoms with E-state index in [1.165, 1.54) is 315 Å². The first kappa shape index (κ1) is 72.3. The topological polar surface area (TPSA) is 69.6 Å². The van der Waals surface area contributed by atoms with Crippen LogP contribution in [0.5, 0.6) is 0 Å². The SMILES string of the molecule is CCCCCCCCCCCCCCCCC/C=C/CC/C=C/CC/C=C/C(O)C(CO)NC(=O)CCCCCCCCCCCCCCCCCCC/C=C\CCCCCCCCCCCCCCCCCC. The van der Waals surface area contributed by atoms with E-state index in [9.17, 15) is 15.0 Å². The number of rotatable bonds is 63. The van der Waals surface area contributed by atoms with Crippen molar-refractivity contribution in [3.63, 3.8) is 0 Å². The molecular weight excluding hydrogens is 903 g/mol. The lowest BCUT2D eigenvalue weighted by Gasteiger charge is -2.19. The minimum absolute atomic E-state index is 0.0720. The maximum atomic E-state index is 12.5. The summed E-state index contributed by atoms with van der Waals surface area (Å²) >= 11 is 0. The second-order valence-electron chi connectivity index (χ2n) is 23.2. The van der Waals surface area contributed by atoms with Gasteiger partial charge in [0.15, 0.2) is 0 Å². The minimum Gasteiger partial charge on any atom is -0.394 e. The first-order valence-electron chi connectivity index (χ1n) is 33.9. The highest BCUT2D eigenvalue weighted by molar-refractivity contribution is 5.76. The van der Waals surface area contributed by atoms with E-state index in [4.69, 9.17) is 0 Å². The molecule has 436 valence electrons. The van der Waals surface area contributed by atoms with Gasteiger partial charge >= 0.3 is 0 Å². The first-order valence-corrected chi connectivity index (χ1v) is 33.9. The second kappa shape index (κ2) is 65.6. The van der Waals surface area contributed by atoms with Gasteiger partial charge in [-0.05, 0) is 70.6 Å². The number of unbranched alkanes of at least 4 members (excludes halogenated alkanes) is 50. The van der Waals surface area contributed by atoms with Gasteiger partial charge in [-0.2, -0.15) is 0 Å². The molecule has 4 nitrogen and oxygen atoms in total. The Kier molecular flexibility index (Phi) is 64.2. The van der Waals surface area contributed by atoms with Crippen LogP contribution in [0.1, 0.15) is 373 Å². The van der Waals surface area contributed by atoms with Crippen molar-refractivity contribution in [2.75, 3.05) is 6.61 Å². The number of allylic oxidation sites excluding steroid dienone is 7. The van der Waals surface area contributed by atoms with Gasteiger partial charge in [0.05, 0.1) is 18.8 Å². The van der Waals surface area contributed by atoms with Crippen molar-refractivity contribution in [1.82, 2.24) is 5.32 Å². The smallest absolute Gasteiger partial charge is 0.220 e. The molecule has 0 aliphatic rings. The Morgan fingerprint density at radius 1 is 0.311 bits per heavy atom. The van der Waals surface area contributed by atoms with E-state index >= 15 is 0 Å². The molecule has 0 radical (unpaired) electrons. The summed E-state index contributed by atoms with van der Waals surface area (Å²) in [6, 6.07) is -0.647. The average Bonchev–Trinajstić information content (AvgIpc) is 3.40. The van der Waals surface area contributed by atoms with Crippen molar-refractivity contribution in [1.29, 1.82) is 0 Å². The Balaban J connectivity index is 3.46. The number of amides is 1. The molecule has 0 aromatic rings. The van der Waals surface area contributed by atoms with Crippen LogP contribution >= 0.6 is 0 Å². The van der Waals surface area contributed by atoms with Crippen LogP contribution in [0.3, 0.4) is 0 Å². The monoisotopic (exact) mass is 1040 g/mol. The lowest BCUT2D eigenvalue weighted by Crippen LogP contribution is -2.45. The van der Waals surface area contributed by atoms with E-state index < -0.39 is 12.1 Å². The zero-order valence-electron chi connectivity index (χ0n) is 50.4. The molecule has 0 aromatic carbocycles. The van der Waals surface area contributed by atoms with E-state index in [0.717, 1.165) is 38.5 Å². The summed E-state index contributed by atoms with van der Waals surface area (Å²) in [7, 11) is 0. The molecule has 0 fully saturated rings. The molecule has 2 unspecified atom stereocenters. The standard InChI is InChI=1S/C70H133NO3/c1-3-5-7-9-11-13-15-17-19-21-23-25-27-29-30-31-32-33-34-35-36-37-38-39-40-42-44-46-48-50-52-54-56-58-60-62-64-66-70(74)71-68(67-72)69(73)65-63-61-59-57-55-53-51-49-47-45-43-41-28-26-24-22-20-18-16-14-12-10-8-6-4-2/h33-34,47,49,55,57,63,65,68-69,72-73H,3-32,35-46,48,50-54,56,58-62,64,66-67H2,1-2H3,(H,71,74)/b34-33-,49-47+,57-55+,65-63+. The summed E-state index contributed by atoms with van der Waals surface area (Å²) in [4.78, 5) is 12.5. The van der Waals surface area contributed by atoms with Crippen LogP contribution in [-0.4, -0.2) is 34.9 Å². The molecule has 0 saturated carbocycles. The molecular formula is C70H133NO3. The Bertz CT molecular complexity index is 1170. The molecule has 0 heterocycles. The van der Waals surface area contributed by atoms with Crippen molar-refractivity contribution >= 4 is 5.91 Å². The Morgan fingerprint density at radius 3 is 0.784 bits per heavy atom. The molecule has 0 aromatic heterocycles. The van der Waals surface area contributed by atoms with Gasteiger partial charge in [0, 0.05) is 6.42 Å². The highest BCUT2D eigenvalue weighted by atomic mass is 16.3. The third-order valence-electron chi connectivity index (χ3n) is 15.8. The molecule has 74 heavy (non-hydrogen) atoms. The molecule has 0 spiro atoms. The fourth-order valence-electron chi connectivity index (χ4n) is 10.6. The van der Waals surface area contributed by atoms with Gasteiger partial charge in [0.2, 0.25) is 5.91 Å². The maximum Gasteiger partial charge on any atom is 0.220 e. The molecule has 0 bridgehead atoms. The summed E-state index contributed by atoms with van der Waals surface area (Å²) in [5, 5.41) is 23.2. The zero-order chi connectivity index (χ0) is 53.4. The molecule has 1 amide bonds. The van der Waals surface area contributed by atoms with Gasteiger partial charge in [-0.15, -0.1) is 0 Å². The van der Waals surface area contributed by atoms with Crippen LogP contribution in [0, 0.1) is 0 Å². The number of aliphatic hydroxyl groups is 2. The maximum absolute atomic E-state index is 12.5. The number of hydrogen-bond acceptors (Lipinski definition) is 3. The summed E-state index contributed by atoms with van der Waals surface area (Å²) < 4.78 is 0. The molecule has 3 N–H and O–H groups in total. The summed E-state index contributed by atoms with van der Waals surface area (Å²) in [6.07, 6.45) is 92.0. The summed E-state index contributed by atoms with van der Waals surface area (Å²) in [5.41, 5.74) is 0. The Morgan fingerprint density at radius 2 is 0.527 bits per heavy atom. The number of carbonyl (C=O) groups is 1. The highest BCUT2D eigenvalue weighted by Gasteiger charge is 2.18. The van der Waals surface area contributed by atoms with Crippen LogP contribution in [0.2, 0.25) is 0 Å². The number of nitrogens with one attached hydrogen (secondary N) is 1. The second-order valence-corrected chi connectivity index (χ2v) is 23.2. The average molecular weight is 1040 g/mol. The lowest BCUT2D eigenvalue weighted by atomic mass is 10.0. The predicted molar refractivity (Wildman–Crippen MR) is 331 cm³/mol. The first-order chi connectivity index (χ1) is 36.7. The molecule has 0 saturated heterocycles. The summed E-state index contributed by atoms with van der Waals surface area (Å²) in [5.74, 6) is -0.0720. The fraction of sp³-hybridized carbons (Fsp3) is 0.871.